The first-order chi connectivity index (χ1) is 11.1. The van der Waals surface area contributed by atoms with Crippen LogP contribution in [0.25, 0.3) is 0 Å². The van der Waals surface area contributed by atoms with Gasteiger partial charge in [-0.2, -0.15) is 0 Å². The summed E-state index contributed by atoms with van der Waals surface area (Å²) in [5.41, 5.74) is 2.45. The lowest BCUT2D eigenvalue weighted by molar-refractivity contribution is -0.128. The van der Waals surface area contributed by atoms with Crippen LogP contribution in [0, 0.1) is 0 Å². The van der Waals surface area contributed by atoms with E-state index in [2.05, 4.69) is 40.7 Å². The number of anilines is 1. The summed E-state index contributed by atoms with van der Waals surface area (Å²) in [5, 5.41) is 5.76. The van der Waals surface area contributed by atoms with Gasteiger partial charge in [-0.25, -0.2) is 0 Å². The number of carbonyl (C=O) groups is 2. The molecule has 5 nitrogen and oxygen atoms in total. The molecule has 0 unspecified atom stereocenters. The van der Waals surface area contributed by atoms with Crippen LogP contribution in [0.5, 0.6) is 0 Å². The number of nitrogens with one attached hydrogen (secondary N) is 2. The van der Waals surface area contributed by atoms with Gasteiger partial charge in [-0.05, 0) is 43.2 Å². The first-order valence-corrected chi connectivity index (χ1v) is 8.56. The highest BCUT2D eigenvalue weighted by atomic mass is 16.2. The van der Waals surface area contributed by atoms with Gasteiger partial charge in [0.2, 0.25) is 11.8 Å². The standard InChI is InChI=1S/C18H25N3O2/c1-13-9-11-21(16-8-3-2-6-14(13)16)12-17(22)20-15-7-4-5-10-19-18(15)23/h2-3,6,8,13,15H,4-5,7,9-12H2,1H3,(H,19,23)(H,20,22)/t13-,15+/m0/s1. The summed E-state index contributed by atoms with van der Waals surface area (Å²) >= 11 is 0. The third-order valence-electron chi connectivity index (χ3n) is 4.85. The average Bonchev–Trinajstić information content (AvgIpc) is 2.75. The molecular weight excluding hydrogens is 290 g/mol. The monoisotopic (exact) mass is 315 g/mol. The molecular formula is C18H25N3O2. The van der Waals surface area contributed by atoms with Crippen molar-refractivity contribution in [2.24, 2.45) is 0 Å². The van der Waals surface area contributed by atoms with E-state index in [1.54, 1.807) is 0 Å². The van der Waals surface area contributed by atoms with Gasteiger partial charge >= 0.3 is 0 Å². The topological polar surface area (TPSA) is 61.4 Å². The van der Waals surface area contributed by atoms with Crippen molar-refractivity contribution in [2.75, 3.05) is 24.5 Å². The number of hydrogen-bond acceptors (Lipinski definition) is 3. The minimum absolute atomic E-state index is 0.0523. The zero-order valence-corrected chi connectivity index (χ0v) is 13.7. The van der Waals surface area contributed by atoms with Crippen LogP contribution in [0.15, 0.2) is 24.3 Å². The van der Waals surface area contributed by atoms with E-state index < -0.39 is 0 Å². The van der Waals surface area contributed by atoms with Gasteiger partial charge < -0.3 is 15.5 Å². The Kier molecular flexibility index (Phi) is 4.84. The first-order valence-electron chi connectivity index (χ1n) is 8.56. The van der Waals surface area contributed by atoms with Crippen LogP contribution in [-0.4, -0.2) is 37.5 Å². The Morgan fingerprint density at radius 1 is 1.30 bits per heavy atom. The zero-order valence-electron chi connectivity index (χ0n) is 13.7. The molecule has 0 saturated carbocycles. The van der Waals surface area contributed by atoms with Crippen LogP contribution < -0.4 is 15.5 Å². The van der Waals surface area contributed by atoms with Gasteiger partial charge in [0.05, 0.1) is 6.54 Å². The van der Waals surface area contributed by atoms with Crippen molar-refractivity contribution in [1.82, 2.24) is 10.6 Å². The highest BCUT2D eigenvalue weighted by Gasteiger charge is 2.26. The predicted octanol–water partition coefficient (Wildman–Crippen LogP) is 1.79. The molecule has 23 heavy (non-hydrogen) atoms. The van der Waals surface area contributed by atoms with E-state index >= 15 is 0 Å². The van der Waals surface area contributed by atoms with Gasteiger partial charge in [-0.15, -0.1) is 0 Å². The second-order valence-corrected chi connectivity index (χ2v) is 6.58. The van der Waals surface area contributed by atoms with E-state index in [1.807, 2.05) is 6.07 Å². The van der Waals surface area contributed by atoms with Crippen LogP contribution >= 0.6 is 0 Å². The molecule has 2 heterocycles. The van der Waals surface area contributed by atoms with E-state index in [4.69, 9.17) is 0 Å². The van der Waals surface area contributed by atoms with E-state index in [9.17, 15) is 9.59 Å². The lowest BCUT2D eigenvalue weighted by Gasteiger charge is -2.34. The smallest absolute Gasteiger partial charge is 0.242 e. The maximum Gasteiger partial charge on any atom is 0.242 e. The fraction of sp³-hybridized carbons (Fsp3) is 0.556. The number of hydrogen-bond donors (Lipinski definition) is 2. The minimum atomic E-state index is -0.385. The normalized spacial score (nSPS) is 24.4. The van der Waals surface area contributed by atoms with Crippen molar-refractivity contribution < 1.29 is 9.59 Å². The molecule has 124 valence electrons. The molecule has 2 aliphatic heterocycles. The van der Waals surface area contributed by atoms with E-state index in [0.29, 0.717) is 19.0 Å². The third kappa shape index (κ3) is 3.66. The summed E-state index contributed by atoms with van der Waals surface area (Å²) in [6.45, 7) is 4.13. The molecule has 2 amide bonds. The fourth-order valence-electron chi connectivity index (χ4n) is 3.47. The number of rotatable bonds is 3. The lowest BCUT2D eigenvalue weighted by atomic mass is 9.91. The Labute approximate surface area is 137 Å². The molecule has 2 atom stereocenters. The summed E-state index contributed by atoms with van der Waals surface area (Å²) in [7, 11) is 0. The summed E-state index contributed by atoms with van der Waals surface area (Å²) in [6, 6.07) is 7.90. The summed E-state index contributed by atoms with van der Waals surface area (Å²) in [6.07, 6.45) is 3.72. The van der Waals surface area contributed by atoms with Crippen molar-refractivity contribution in [3.63, 3.8) is 0 Å². The molecule has 2 aliphatic rings. The molecule has 0 bridgehead atoms. The SMILES string of the molecule is C[C@H]1CCN(CC(=O)N[C@@H]2CCCCNC2=O)c2ccccc21. The highest BCUT2D eigenvalue weighted by Crippen LogP contribution is 2.34. The van der Waals surface area contributed by atoms with Gasteiger partial charge in [0.1, 0.15) is 6.04 Å². The third-order valence-corrected chi connectivity index (χ3v) is 4.85. The average molecular weight is 315 g/mol. The van der Waals surface area contributed by atoms with E-state index in [-0.39, 0.29) is 17.9 Å². The Bertz CT molecular complexity index is 587. The molecule has 0 radical (unpaired) electrons. The quantitative estimate of drug-likeness (QED) is 0.894. The number of para-hydroxylation sites is 1. The van der Waals surface area contributed by atoms with Gasteiger partial charge in [0, 0.05) is 18.8 Å². The van der Waals surface area contributed by atoms with Crippen LogP contribution in [0.4, 0.5) is 5.69 Å². The molecule has 1 aromatic carbocycles. The molecule has 1 aromatic rings. The molecule has 0 aromatic heterocycles. The van der Waals surface area contributed by atoms with Crippen LogP contribution in [-0.2, 0) is 9.59 Å². The predicted molar refractivity (Wildman–Crippen MR) is 90.5 cm³/mol. The molecule has 5 heteroatoms. The maximum atomic E-state index is 12.4. The van der Waals surface area contributed by atoms with Crippen LogP contribution in [0.2, 0.25) is 0 Å². The van der Waals surface area contributed by atoms with Crippen LogP contribution in [0.1, 0.15) is 44.1 Å². The molecule has 1 fully saturated rings. The van der Waals surface area contributed by atoms with Crippen molar-refractivity contribution in [2.45, 2.75) is 44.6 Å². The van der Waals surface area contributed by atoms with Crippen LogP contribution in [0.3, 0.4) is 0 Å². The number of amides is 2. The number of fused-ring (bicyclic) bond motifs is 1. The minimum Gasteiger partial charge on any atom is -0.362 e. The molecule has 3 rings (SSSR count). The molecule has 0 aliphatic carbocycles. The molecule has 1 saturated heterocycles. The van der Waals surface area contributed by atoms with Gasteiger partial charge in [-0.3, -0.25) is 9.59 Å². The highest BCUT2D eigenvalue weighted by molar-refractivity contribution is 5.89. The van der Waals surface area contributed by atoms with Crippen molar-refractivity contribution in [1.29, 1.82) is 0 Å². The Morgan fingerprint density at radius 2 is 2.13 bits per heavy atom. The fourth-order valence-corrected chi connectivity index (χ4v) is 3.47. The summed E-state index contributed by atoms with van der Waals surface area (Å²) in [4.78, 5) is 26.5. The first kappa shape index (κ1) is 15.8. The number of benzene rings is 1. The summed E-state index contributed by atoms with van der Waals surface area (Å²) < 4.78 is 0. The second kappa shape index (κ2) is 7.02. The Hall–Kier alpha value is -2.04. The largest absolute Gasteiger partial charge is 0.362 e. The van der Waals surface area contributed by atoms with Gasteiger partial charge in [0.15, 0.2) is 0 Å². The van der Waals surface area contributed by atoms with Gasteiger partial charge in [-0.1, -0.05) is 25.1 Å². The summed E-state index contributed by atoms with van der Waals surface area (Å²) in [5.74, 6) is 0.401. The second-order valence-electron chi connectivity index (χ2n) is 6.58. The van der Waals surface area contributed by atoms with Gasteiger partial charge in [0.25, 0.3) is 0 Å². The van der Waals surface area contributed by atoms with Crippen molar-refractivity contribution >= 4 is 17.5 Å². The maximum absolute atomic E-state index is 12.4. The number of nitrogens with zero attached hydrogens (tertiary/aromatic N) is 1. The molecule has 0 spiro atoms. The van der Waals surface area contributed by atoms with E-state index in [0.717, 1.165) is 37.9 Å². The van der Waals surface area contributed by atoms with Crippen molar-refractivity contribution in [3.8, 4) is 0 Å². The lowest BCUT2D eigenvalue weighted by Crippen LogP contribution is -2.49. The Morgan fingerprint density at radius 3 is 3.00 bits per heavy atom. The zero-order chi connectivity index (χ0) is 16.2. The van der Waals surface area contributed by atoms with Crippen molar-refractivity contribution in [3.05, 3.63) is 29.8 Å². The Balaban J connectivity index is 1.64. The molecule has 2 N–H and O–H groups in total. The number of carbonyl (C=O) groups excluding carboxylic acids is 2. The van der Waals surface area contributed by atoms with E-state index in [1.165, 1.54) is 5.56 Å².